The molecule has 3 aromatic carbocycles. The number of nitrogens with zero attached hydrogens (tertiary/aromatic N) is 5. The van der Waals surface area contributed by atoms with Crippen molar-refractivity contribution in [2.45, 2.75) is 38.0 Å². The summed E-state index contributed by atoms with van der Waals surface area (Å²) in [4.78, 5) is 16.3. The molecular formula is C38H33Cl2N7O3. The van der Waals surface area contributed by atoms with Crippen LogP contribution in [0.4, 0.5) is 11.5 Å². The summed E-state index contributed by atoms with van der Waals surface area (Å²) in [6.07, 6.45) is 5.70. The predicted octanol–water partition coefficient (Wildman–Crippen LogP) is 7.16. The molecule has 4 N–H and O–H groups in total. The SMILES string of the molecule is N#Cc1c2c(cc3nc(-c4cccc(-c5cccc(Nc6nccc7cc(CN8CC[C@@H](O)C8)cnc67)c5Cl)c4Cl)oc13)[C@H](NCCO)CC2. The van der Waals surface area contributed by atoms with Crippen molar-refractivity contribution in [2.24, 2.45) is 0 Å². The normalized spacial score (nSPS) is 17.4. The first-order valence-electron chi connectivity index (χ1n) is 16.6. The van der Waals surface area contributed by atoms with Gasteiger partial charge < -0.3 is 25.3 Å². The number of oxazole rings is 1. The molecule has 12 heteroatoms. The van der Waals surface area contributed by atoms with E-state index in [9.17, 15) is 15.5 Å². The molecule has 1 saturated heterocycles. The average Bonchev–Trinajstić information content (AvgIpc) is 3.85. The summed E-state index contributed by atoms with van der Waals surface area (Å²) in [6, 6.07) is 19.7. The number of rotatable bonds is 9. The fourth-order valence-corrected chi connectivity index (χ4v) is 7.78. The van der Waals surface area contributed by atoms with Crippen LogP contribution in [0.15, 0.2) is 71.4 Å². The van der Waals surface area contributed by atoms with E-state index in [2.05, 4.69) is 32.7 Å². The Morgan fingerprint density at radius 3 is 2.64 bits per heavy atom. The Kier molecular flexibility index (Phi) is 8.87. The van der Waals surface area contributed by atoms with Gasteiger partial charge in [-0.2, -0.15) is 5.26 Å². The number of nitriles is 1. The minimum Gasteiger partial charge on any atom is -0.435 e. The van der Waals surface area contributed by atoms with E-state index in [0.717, 1.165) is 54.4 Å². The molecule has 0 spiro atoms. The van der Waals surface area contributed by atoms with Crippen LogP contribution in [0.1, 0.15) is 41.1 Å². The number of nitrogens with one attached hydrogen (secondary N) is 2. The lowest BCUT2D eigenvalue weighted by Crippen LogP contribution is -2.22. The second-order valence-corrected chi connectivity index (χ2v) is 13.5. The number of aromatic nitrogens is 3. The van der Waals surface area contributed by atoms with Gasteiger partial charge in [0.2, 0.25) is 5.89 Å². The zero-order chi connectivity index (χ0) is 34.4. The number of aliphatic hydroxyl groups is 2. The van der Waals surface area contributed by atoms with Crippen molar-refractivity contribution in [3.05, 3.63) is 99.3 Å². The Morgan fingerprint density at radius 2 is 1.84 bits per heavy atom. The molecular weight excluding hydrogens is 673 g/mol. The quantitative estimate of drug-likeness (QED) is 0.122. The number of β-amino-alcohol motifs (C(OH)–C–C–N with tert-alkyl or cyclic N) is 1. The summed E-state index contributed by atoms with van der Waals surface area (Å²) >= 11 is 14.2. The first kappa shape index (κ1) is 32.6. The Morgan fingerprint density at radius 1 is 1.02 bits per heavy atom. The van der Waals surface area contributed by atoms with Gasteiger partial charge in [-0.3, -0.25) is 9.88 Å². The number of likely N-dealkylation sites (tertiary alicyclic amines) is 1. The van der Waals surface area contributed by atoms with E-state index in [0.29, 0.717) is 79.4 Å². The number of anilines is 2. The maximum atomic E-state index is 10.1. The van der Waals surface area contributed by atoms with Crippen LogP contribution in [-0.2, 0) is 13.0 Å². The van der Waals surface area contributed by atoms with Crippen LogP contribution in [0.3, 0.4) is 0 Å². The van der Waals surface area contributed by atoms with Gasteiger partial charge in [-0.05, 0) is 66.3 Å². The van der Waals surface area contributed by atoms with Gasteiger partial charge in [0.1, 0.15) is 22.7 Å². The van der Waals surface area contributed by atoms with Gasteiger partial charge in [0.05, 0.1) is 34.0 Å². The minimum atomic E-state index is -0.267. The largest absolute Gasteiger partial charge is 0.435 e. The molecule has 6 aromatic rings. The molecule has 1 aliphatic heterocycles. The van der Waals surface area contributed by atoms with Crippen molar-refractivity contribution >= 4 is 56.7 Å². The summed E-state index contributed by atoms with van der Waals surface area (Å²) in [6.45, 7) is 2.78. The third kappa shape index (κ3) is 5.96. The molecule has 252 valence electrons. The smallest absolute Gasteiger partial charge is 0.228 e. The Hall–Kier alpha value is -4.60. The van der Waals surface area contributed by atoms with Crippen molar-refractivity contribution in [3.63, 3.8) is 0 Å². The Balaban J connectivity index is 1.10. The maximum absolute atomic E-state index is 10.1. The number of hydrogen-bond donors (Lipinski definition) is 4. The topological polar surface area (TPSA) is 143 Å². The van der Waals surface area contributed by atoms with Crippen LogP contribution in [0.2, 0.25) is 10.0 Å². The van der Waals surface area contributed by atoms with Gasteiger partial charge in [0, 0.05) is 61.1 Å². The average molecular weight is 707 g/mol. The summed E-state index contributed by atoms with van der Waals surface area (Å²) in [5, 5.41) is 37.9. The van der Waals surface area contributed by atoms with E-state index in [1.165, 1.54) is 0 Å². The van der Waals surface area contributed by atoms with Crippen LogP contribution >= 0.6 is 23.2 Å². The predicted molar refractivity (Wildman–Crippen MR) is 194 cm³/mol. The van der Waals surface area contributed by atoms with Crippen molar-refractivity contribution in [2.75, 3.05) is 31.6 Å². The van der Waals surface area contributed by atoms with Gasteiger partial charge in [-0.1, -0.05) is 47.5 Å². The molecule has 2 aliphatic rings. The third-order valence-corrected chi connectivity index (χ3v) is 10.4. The second-order valence-electron chi connectivity index (χ2n) is 12.8. The highest BCUT2D eigenvalue weighted by Crippen LogP contribution is 2.44. The lowest BCUT2D eigenvalue weighted by atomic mass is 10.0. The molecule has 0 bridgehead atoms. The van der Waals surface area contributed by atoms with Gasteiger partial charge >= 0.3 is 0 Å². The summed E-state index contributed by atoms with van der Waals surface area (Å²) < 4.78 is 6.26. The highest BCUT2D eigenvalue weighted by atomic mass is 35.5. The van der Waals surface area contributed by atoms with E-state index < -0.39 is 0 Å². The molecule has 2 atom stereocenters. The monoisotopic (exact) mass is 705 g/mol. The summed E-state index contributed by atoms with van der Waals surface area (Å²) in [5.74, 6) is 0.883. The zero-order valence-corrected chi connectivity index (χ0v) is 28.5. The van der Waals surface area contributed by atoms with E-state index in [4.69, 9.17) is 37.6 Å². The van der Waals surface area contributed by atoms with Crippen LogP contribution in [-0.4, -0.2) is 62.4 Å². The first-order valence-corrected chi connectivity index (χ1v) is 17.4. The van der Waals surface area contributed by atoms with Crippen molar-refractivity contribution in [1.29, 1.82) is 5.26 Å². The highest BCUT2D eigenvalue weighted by molar-refractivity contribution is 6.39. The molecule has 50 heavy (non-hydrogen) atoms. The maximum Gasteiger partial charge on any atom is 0.228 e. The Labute approximate surface area is 298 Å². The van der Waals surface area contributed by atoms with Gasteiger partial charge in [0.15, 0.2) is 11.4 Å². The molecule has 3 aromatic heterocycles. The molecule has 0 saturated carbocycles. The third-order valence-electron chi connectivity index (χ3n) is 9.58. The van der Waals surface area contributed by atoms with Crippen molar-refractivity contribution < 1.29 is 14.6 Å². The minimum absolute atomic E-state index is 0.0374. The fraction of sp³-hybridized carbons (Fsp3) is 0.263. The number of fused-ring (bicyclic) bond motifs is 3. The van der Waals surface area contributed by atoms with E-state index in [-0.39, 0.29) is 18.8 Å². The molecule has 10 nitrogen and oxygen atoms in total. The van der Waals surface area contributed by atoms with E-state index in [1.807, 2.05) is 54.7 Å². The number of aliphatic hydroxyl groups excluding tert-OH is 2. The summed E-state index contributed by atoms with van der Waals surface area (Å²) in [7, 11) is 0. The number of pyridine rings is 2. The molecule has 0 unspecified atom stereocenters. The van der Waals surface area contributed by atoms with Crippen molar-refractivity contribution in [1.82, 2.24) is 25.2 Å². The standard InChI is InChI=1S/C38H33Cl2N7O3/c39-33-25(3-1-5-27(33)38-46-32-16-28-24(29(17-41)36(32)50-38)7-8-30(28)42-12-14-48)26-4-2-6-31(34(26)40)45-37-35-22(9-11-43-37)15-21(18-44-35)19-47-13-10-23(49)20-47/h1-6,9,11,15-16,18,23,30,42,48-49H,7-8,10,12-14,19-20H2,(H,43,45)/t23-,30-/m1/s1. The van der Waals surface area contributed by atoms with E-state index in [1.54, 1.807) is 6.20 Å². The van der Waals surface area contributed by atoms with Gasteiger partial charge in [0.25, 0.3) is 0 Å². The van der Waals surface area contributed by atoms with Gasteiger partial charge in [-0.15, -0.1) is 0 Å². The molecule has 0 radical (unpaired) electrons. The fourth-order valence-electron chi connectivity index (χ4n) is 7.20. The van der Waals surface area contributed by atoms with Crippen LogP contribution in [0, 0.1) is 11.3 Å². The van der Waals surface area contributed by atoms with Crippen molar-refractivity contribution in [3.8, 4) is 28.7 Å². The van der Waals surface area contributed by atoms with Gasteiger partial charge in [-0.25, -0.2) is 9.97 Å². The molecule has 1 aliphatic carbocycles. The lowest BCUT2D eigenvalue weighted by Gasteiger charge is -2.16. The first-order chi connectivity index (χ1) is 24.4. The molecule has 4 heterocycles. The number of halogens is 2. The molecule has 0 amide bonds. The highest BCUT2D eigenvalue weighted by Gasteiger charge is 2.29. The summed E-state index contributed by atoms with van der Waals surface area (Å²) in [5.41, 5.74) is 7.87. The van der Waals surface area contributed by atoms with Crippen LogP contribution in [0.25, 0.3) is 44.6 Å². The zero-order valence-electron chi connectivity index (χ0n) is 27.0. The molecule has 8 rings (SSSR count). The van der Waals surface area contributed by atoms with Crippen LogP contribution in [0.5, 0.6) is 0 Å². The lowest BCUT2D eigenvalue weighted by molar-refractivity contribution is 0.175. The number of benzene rings is 3. The van der Waals surface area contributed by atoms with E-state index >= 15 is 0 Å². The second kappa shape index (κ2) is 13.6. The number of hydrogen-bond acceptors (Lipinski definition) is 10. The van der Waals surface area contributed by atoms with Crippen LogP contribution < -0.4 is 10.6 Å². The molecule has 1 fully saturated rings. The Bertz CT molecular complexity index is 2300.